The largest absolute Gasteiger partial charge is 0.393 e. The Morgan fingerprint density at radius 2 is 2.00 bits per heavy atom. The zero-order valence-corrected chi connectivity index (χ0v) is 10.0. The van der Waals surface area contributed by atoms with E-state index in [0.717, 1.165) is 6.42 Å². The fourth-order valence-electron chi connectivity index (χ4n) is 0.650. The highest BCUT2D eigenvalue weighted by Gasteiger charge is 2.29. The highest BCUT2D eigenvalue weighted by atomic mass is 35.7. The molecule has 0 saturated heterocycles. The first-order chi connectivity index (χ1) is 4.98. The molecule has 0 aromatic heterocycles. The second-order valence-corrected chi connectivity index (χ2v) is 9.44. The summed E-state index contributed by atoms with van der Waals surface area (Å²) in [6.45, 7) is 1.98. The molecule has 0 aromatic rings. The average Bonchev–Trinajstić information content (AvgIpc) is 1.84. The van der Waals surface area contributed by atoms with Gasteiger partial charge < -0.3 is 4.43 Å². The molecule has 0 fully saturated rings. The van der Waals surface area contributed by atoms with Gasteiger partial charge in [-0.3, -0.25) is 0 Å². The van der Waals surface area contributed by atoms with E-state index in [1.807, 2.05) is 13.8 Å². The first-order valence-electron chi connectivity index (χ1n) is 3.64. The minimum Gasteiger partial charge on any atom is -0.393 e. The number of halogens is 3. The fourth-order valence-corrected chi connectivity index (χ4v) is 3.59. The smallest absolute Gasteiger partial charge is 0.389 e. The van der Waals surface area contributed by atoms with E-state index in [-0.39, 0.29) is 5.38 Å². The van der Waals surface area contributed by atoms with Gasteiger partial charge in [0, 0.05) is 12.0 Å². The van der Waals surface area contributed by atoms with Gasteiger partial charge in [0.25, 0.3) is 0 Å². The summed E-state index contributed by atoms with van der Waals surface area (Å²) in [5.74, 6) is 0. The van der Waals surface area contributed by atoms with Crippen molar-refractivity contribution >= 4 is 40.7 Å². The second-order valence-electron chi connectivity index (χ2n) is 2.39. The molecule has 1 nitrogen and oxygen atoms in total. The predicted octanol–water partition coefficient (Wildman–Crippen LogP) is 3.46. The van der Waals surface area contributed by atoms with Crippen molar-refractivity contribution in [1.29, 1.82) is 0 Å². The third kappa shape index (κ3) is 7.41. The van der Waals surface area contributed by atoms with Crippen LogP contribution in [-0.2, 0) is 4.43 Å². The lowest BCUT2D eigenvalue weighted by atomic mass is 10.4. The lowest BCUT2D eigenvalue weighted by molar-refractivity contribution is 0.347. The molecule has 0 bridgehead atoms. The van der Waals surface area contributed by atoms with Gasteiger partial charge in [-0.25, -0.2) is 0 Å². The van der Waals surface area contributed by atoms with Gasteiger partial charge in [0.2, 0.25) is 0 Å². The van der Waals surface area contributed by atoms with Gasteiger partial charge in [0.05, 0.1) is 0 Å². The van der Waals surface area contributed by atoms with Crippen LogP contribution in [0.4, 0.5) is 0 Å². The van der Waals surface area contributed by atoms with Crippen LogP contribution < -0.4 is 0 Å². The highest BCUT2D eigenvalue weighted by molar-refractivity contribution is 7.42. The maximum absolute atomic E-state index is 5.90. The molecule has 0 aliphatic carbocycles. The van der Waals surface area contributed by atoms with Gasteiger partial charge >= 0.3 is 6.94 Å². The van der Waals surface area contributed by atoms with Crippen molar-refractivity contribution in [3.8, 4) is 0 Å². The summed E-state index contributed by atoms with van der Waals surface area (Å²) < 4.78 is 5.19. The van der Waals surface area contributed by atoms with E-state index in [1.54, 1.807) is 0 Å². The summed E-state index contributed by atoms with van der Waals surface area (Å²) in [7, 11) is 0. The number of rotatable bonds is 5. The van der Waals surface area contributed by atoms with Crippen LogP contribution in [0, 0.1) is 0 Å². The Morgan fingerprint density at radius 3 is 2.36 bits per heavy atom. The molecular weight excluding hydrogens is 223 g/mol. The molecule has 0 aliphatic rings. The zero-order chi connectivity index (χ0) is 8.91. The molecule has 0 aliphatic heterocycles. The van der Waals surface area contributed by atoms with E-state index < -0.39 is 6.94 Å². The van der Waals surface area contributed by atoms with E-state index in [4.69, 9.17) is 38.2 Å². The maximum atomic E-state index is 5.90. The quantitative estimate of drug-likeness (QED) is 0.403. The molecule has 5 heteroatoms. The third-order valence-corrected chi connectivity index (χ3v) is 4.78. The molecule has 0 radical (unpaired) electrons. The summed E-state index contributed by atoms with van der Waals surface area (Å²) in [6.07, 6.45) is 0.820. The van der Waals surface area contributed by atoms with Crippen LogP contribution in [0.3, 0.4) is 0 Å². The minimum absolute atomic E-state index is 0.125. The van der Waals surface area contributed by atoms with Crippen LogP contribution in [-0.4, -0.2) is 18.9 Å². The SMILES string of the molecule is CCO[Si](Cl)(Cl)CCC(C)Cl. The first kappa shape index (κ1) is 12.0. The maximum Gasteiger partial charge on any atom is 0.389 e. The van der Waals surface area contributed by atoms with E-state index >= 15 is 0 Å². The topological polar surface area (TPSA) is 9.23 Å². The van der Waals surface area contributed by atoms with E-state index in [9.17, 15) is 0 Å². The average molecular weight is 236 g/mol. The van der Waals surface area contributed by atoms with Gasteiger partial charge in [-0.1, -0.05) is 0 Å². The van der Waals surface area contributed by atoms with Crippen LogP contribution in [0.1, 0.15) is 20.3 Å². The molecule has 0 saturated carbocycles. The summed E-state index contributed by atoms with van der Waals surface area (Å²) in [4.78, 5) is 0. The Labute approximate surface area is 83.5 Å². The molecular formula is C6H13Cl3OSi. The molecule has 1 atom stereocenters. The number of hydrogen-bond acceptors (Lipinski definition) is 1. The normalized spacial score (nSPS) is 15.0. The molecule has 0 N–H and O–H groups in total. The van der Waals surface area contributed by atoms with Crippen molar-refractivity contribution in [2.24, 2.45) is 0 Å². The summed E-state index contributed by atoms with van der Waals surface area (Å²) >= 11 is 17.5. The van der Waals surface area contributed by atoms with Crippen LogP contribution >= 0.6 is 33.8 Å². The van der Waals surface area contributed by atoms with Gasteiger partial charge in [-0.15, -0.1) is 33.8 Å². The van der Waals surface area contributed by atoms with Gasteiger partial charge in [0.15, 0.2) is 0 Å². The Kier molecular flexibility index (Phi) is 6.19. The predicted molar refractivity (Wildman–Crippen MR) is 53.8 cm³/mol. The van der Waals surface area contributed by atoms with Gasteiger partial charge in [-0.2, -0.15) is 0 Å². The van der Waals surface area contributed by atoms with Crippen LogP contribution in [0.5, 0.6) is 0 Å². The Morgan fingerprint density at radius 1 is 1.45 bits per heavy atom. The van der Waals surface area contributed by atoms with Crippen LogP contribution in [0.15, 0.2) is 0 Å². The third-order valence-electron chi connectivity index (χ3n) is 1.19. The van der Waals surface area contributed by atoms with Crippen molar-refractivity contribution in [2.45, 2.75) is 31.7 Å². The van der Waals surface area contributed by atoms with E-state index in [1.165, 1.54) is 0 Å². The van der Waals surface area contributed by atoms with Crippen molar-refractivity contribution in [3.05, 3.63) is 0 Å². The zero-order valence-electron chi connectivity index (χ0n) is 6.74. The Balaban J connectivity index is 3.54. The molecule has 1 unspecified atom stereocenters. The number of hydrogen-bond donors (Lipinski definition) is 0. The molecule has 0 heterocycles. The molecule has 68 valence electrons. The summed E-state index contributed by atoms with van der Waals surface area (Å²) in [6, 6.07) is 0.703. The van der Waals surface area contributed by atoms with E-state index in [2.05, 4.69) is 0 Å². The molecule has 0 aromatic carbocycles. The lowest BCUT2D eigenvalue weighted by Crippen LogP contribution is -2.24. The minimum atomic E-state index is -2.41. The summed E-state index contributed by atoms with van der Waals surface area (Å²) in [5.41, 5.74) is 0. The van der Waals surface area contributed by atoms with Crippen molar-refractivity contribution in [3.63, 3.8) is 0 Å². The van der Waals surface area contributed by atoms with Crippen LogP contribution in [0.2, 0.25) is 6.04 Å². The monoisotopic (exact) mass is 234 g/mol. The van der Waals surface area contributed by atoms with Gasteiger partial charge in [0.1, 0.15) is 0 Å². The lowest BCUT2D eigenvalue weighted by Gasteiger charge is -2.16. The molecule has 11 heavy (non-hydrogen) atoms. The number of alkyl halides is 1. The van der Waals surface area contributed by atoms with Crippen molar-refractivity contribution < 1.29 is 4.43 Å². The fraction of sp³-hybridized carbons (Fsp3) is 1.00. The standard InChI is InChI=1S/C6H13Cl3OSi/c1-3-10-11(8,9)5-4-6(2)7/h6H,3-5H2,1-2H3. The Bertz CT molecular complexity index is 108. The Hall–Kier alpha value is 1.05. The van der Waals surface area contributed by atoms with Crippen LogP contribution in [0.25, 0.3) is 0 Å². The first-order valence-corrected chi connectivity index (χ1v) is 8.21. The second kappa shape index (κ2) is 5.65. The molecule has 0 amide bonds. The van der Waals surface area contributed by atoms with E-state index in [0.29, 0.717) is 12.7 Å². The molecule has 0 spiro atoms. The van der Waals surface area contributed by atoms with Gasteiger partial charge in [-0.05, 0) is 26.3 Å². The van der Waals surface area contributed by atoms with Crippen molar-refractivity contribution in [2.75, 3.05) is 6.61 Å². The summed E-state index contributed by atoms with van der Waals surface area (Å²) in [5, 5.41) is 0.125. The van der Waals surface area contributed by atoms with Crippen molar-refractivity contribution in [1.82, 2.24) is 0 Å². The highest BCUT2D eigenvalue weighted by Crippen LogP contribution is 2.25. The molecule has 0 rings (SSSR count).